The number of rotatable bonds is 3. The summed E-state index contributed by atoms with van der Waals surface area (Å²) in [6.45, 7) is 3.19. The Morgan fingerprint density at radius 1 is 1.26 bits per heavy atom. The fraction of sp³-hybridized carbons (Fsp3) is 0.588. The molecule has 2 aliphatic rings. The molecule has 1 saturated carbocycles. The lowest BCUT2D eigenvalue weighted by molar-refractivity contribution is -0.136. The Morgan fingerprint density at radius 3 is 2.79 bits per heavy atom. The molecule has 1 aliphatic carbocycles. The quantitative estimate of drug-likeness (QED) is 0.810. The minimum atomic E-state index is 0.259. The van der Waals surface area contributed by atoms with Crippen molar-refractivity contribution in [2.45, 2.75) is 51.0 Å². The first-order valence-electron chi connectivity index (χ1n) is 7.66. The maximum absolute atomic E-state index is 12.6. The number of carbonyl (C=O) groups is 1. The molecule has 0 bridgehead atoms. The summed E-state index contributed by atoms with van der Waals surface area (Å²) in [7, 11) is 0. The number of hydrogen-bond donors (Lipinski definition) is 0. The third-order valence-corrected chi connectivity index (χ3v) is 4.72. The molecule has 2 fully saturated rings. The number of piperidine rings is 1. The number of hydrogen-bond acceptors (Lipinski definition) is 1. The first-order chi connectivity index (χ1) is 9.31. The number of nitrogens with zero attached hydrogens (tertiary/aromatic N) is 1. The van der Waals surface area contributed by atoms with E-state index in [1.807, 2.05) is 6.07 Å². The normalized spacial score (nSPS) is 30.2. The summed E-state index contributed by atoms with van der Waals surface area (Å²) in [6, 6.07) is 11.0. The van der Waals surface area contributed by atoms with Crippen molar-refractivity contribution in [1.82, 2.24) is 4.90 Å². The predicted molar refractivity (Wildman–Crippen MR) is 76.9 cm³/mol. The summed E-state index contributed by atoms with van der Waals surface area (Å²) >= 11 is 0. The van der Waals surface area contributed by atoms with Crippen molar-refractivity contribution in [2.24, 2.45) is 5.92 Å². The Hall–Kier alpha value is -1.31. The van der Waals surface area contributed by atoms with E-state index in [0.29, 0.717) is 17.9 Å². The summed E-state index contributed by atoms with van der Waals surface area (Å²) in [4.78, 5) is 14.8. The predicted octanol–water partition coefficient (Wildman–Crippen LogP) is 3.58. The van der Waals surface area contributed by atoms with Crippen LogP contribution in [0.1, 0.15) is 50.5 Å². The monoisotopic (exact) mass is 257 g/mol. The highest BCUT2D eigenvalue weighted by molar-refractivity contribution is 5.83. The molecule has 1 amide bonds. The van der Waals surface area contributed by atoms with Crippen molar-refractivity contribution in [3.63, 3.8) is 0 Å². The number of amides is 1. The summed E-state index contributed by atoms with van der Waals surface area (Å²) in [5.74, 6) is 1.16. The van der Waals surface area contributed by atoms with Gasteiger partial charge < -0.3 is 4.90 Å². The highest BCUT2D eigenvalue weighted by Gasteiger charge is 2.46. The van der Waals surface area contributed by atoms with Gasteiger partial charge in [-0.3, -0.25) is 4.79 Å². The molecule has 3 rings (SSSR count). The van der Waals surface area contributed by atoms with Gasteiger partial charge in [-0.1, -0.05) is 37.3 Å². The average molecular weight is 257 g/mol. The van der Waals surface area contributed by atoms with Crippen molar-refractivity contribution in [3.05, 3.63) is 35.9 Å². The molecule has 2 heteroatoms. The van der Waals surface area contributed by atoms with Crippen LogP contribution >= 0.6 is 0 Å². The van der Waals surface area contributed by atoms with Gasteiger partial charge in [-0.25, -0.2) is 0 Å². The van der Waals surface area contributed by atoms with E-state index in [0.717, 1.165) is 19.4 Å². The lowest BCUT2D eigenvalue weighted by atomic mass is 9.99. The van der Waals surface area contributed by atoms with Gasteiger partial charge in [0, 0.05) is 18.5 Å². The number of likely N-dealkylation sites (tertiary alicyclic amines) is 1. The molecule has 1 heterocycles. The molecule has 3 atom stereocenters. The topological polar surface area (TPSA) is 20.3 Å². The standard InChI is InChI=1S/C17H23NO/c1-2-14-10-6-7-11-18(14)17(19)16-12-15(16)13-8-4-3-5-9-13/h3-5,8-9,14-16H,2,6-7,10-12H2,1H3/t14-,15+,16+/m0/s1. The third-order valence-electron chi connectivity index (χ3n) is 4.72. The van der Waals surface area contributed by atoms with Crippen LogP contribution in [0.25, 0.3) is 0 Å². The summed E-state index contributed by atoms with van der Waals surface area (Å²) in [6.07, 6.45) is 5.83. The van der Waals surface area contributed by atoms with Crippen molar-refractivity contribution in [3.8, 4) is 0 Å². The molecule has 2 nitrogen and oxygen atoms in total. The van der Waals surface area contributed by atoms with E-state index in [2.05, 4.69) is 36.1 Å². The van der Waals surface area contributed by atoms with Crippen molar-refractivity contribution in [1.29, 1.82) is 0 Å². The Morgan fingerprint density at radius 2 is 2.05 bits per heavy atom. The second kappa shape index (κ2) is 5.36. The van der Waals surface area contributed by atoms with E-state index in [4.69, 9.17) is 0 Å². The van der Waals surface area contributed by atoms with Crippen molar-refractivity contribution >= 4 is 5.91 Å². The Bertz CT molecular complexity index is 442. The summed E-state index contributed by atoms with van der Waals surface area (Å²) in [5.41, 5.74) is 1.34. The van der Waals surface area contributed by atoms with Crippen LogP contribution in [0, 0.1) is 5.92 Å². The maximum Gasteiger partial charge on any atom is 0.226 e. The highest BCUT2D eigenvalue weighted by atomic mass is 16.2. The van der Waals surface area contributed by atoms with Crippen LogP contribution in [-0.2, 0) is 4.79 Å². The highest BCUT2D eigenvalue weighted by Crippen LogP contribution is 2.49. The Balaban J connectivity index is 1.66. The molecular weight excluding hydrogens is 234 g/mol. The molecule has 0 radical (unpaired) electrons. The Labute approximate surface area is 115 Å². The molecule has 19 heavy (non-hydrogen) atoms. The maximum atomic E-state index is 12.6. The smallest absolute Gasteiger partial charge is 0.226 e. The molecule has 0 spiro atoms. The first kappa shape index (κ1) is 12.7. The molecule has 0 aromatic heterocycles. The zero-order valence-electron chi connectivity index (χ0n) is 11.7. The molecule has 1 aromatic carbocycles. The van der Waals surface area contributed by atoms with Gasteiger partial charge in [0.2, 0.25) is 5.91 Å². The fourth-order valence-corrected chi connectivity index (χ4v) is 3.46. The molecule has 0 N–H and O–H groups in total. The molecule has 102 valence electrons. The lowest BCUT2D eigenvalue weighted by Crippen LogP contribution is -2.44. The summed E-state index contributed by atoms with van der Waals surface area (Å²) < 4.78 is 0. The van der Waals surface area contributed by atoms with Crippen LogP contribution in [0.15, 0.2) is 30.3 Å². The second-order valence-corrected chi connectivity index (χ2v) is 5.95. The van der Waals surface area contributed by atoms with Gasteiger partial charge >= 0.3 is 0 Å². The SMILES string of the molecule is CC[C@H]1CCCCN1C(=O)[C@@H]1C[C@@H]1c1ccccc1. The minimum Gasteiger partial charge on any atom is -0.339 e. The van der Waals surface area contributed by atoms with E-state index < -0.39 is 0 Å². The van der Waals surface area contributed by atoms with Crippen LogP contribution in [0.3, 0.4) is 0 Å². The van der Waals surface area contributed by atoms with Gasteiger partial charge in [0.25, 0.3) is 0 Å². The number of benzene rings is 1. The molecule has 1 aliphatic heterocycles. The van der Waals surface area contributed by atoms with E-state index in [9.17, 15) is 4.79 Å². The minimum absolute atomic E-state index is 0.259. The zero-order chi connectivity index (χ0) is 13.2. The summed E-state index contributed by atoms with van der Waals surface area (Å²) in [5, 5.41) is 0. The van der Waals surface area contributed by atoms with Gasteiger partial charge in [-0.2, -0.15) is 0 Å². The zero-order valence-corrected chi connectivity index (χ0v) is 11.7. The molecule has 0 unspecified atom stereocenters. The first-order valence-corrected chi connectivity index (χ1v) is 7.66. The van der Waals surface area contributed by atoms with Crippen molar-refractivity contribution < 1.29 is 4.79 Å². The molecular formula is C17H23NO. The van der Waals surface area contributed by atoms with Crippen LogP contribution in [0.2, 0.25) is 0 Å². The van der Waals surface area contributed by atoms with Crippen LogP contribution in [0.5, 0.6) is 0 Å². The van der Waals surface area contributed by atoms with Gasteiger partial charge in [0.05, 0.1) is 0 Å². The van der Waals surface area contributed by atoms with E-state index >= 15 is 0 Å². The average Bonchev–Trinajstić information content (AvgIpc) is 3.28. The Kier molecular flexibility index (Phi) is 3.58. The van der Waals surface area contributed by atoms with Gasteiger partial charge in [0.15, 0.2) is 0 Å². The lowest BCUT2D eigenvalue weighted by Gasteiger charge is -2.35. The van der Waals surface area contributed by atoms with Crippen LogP contribution < -0.4 is 0 Å². The largest absolute Gasteiger partial charge is 0.339 e. The van der Waals surface area contributed by atoms with E-state index in [1.165, 1.54) is 24.8 Å². The van der Waals surface area contributed by atoms with Gasteiger partial charge in [-0.15, -0.1) is 0 Å². The second-order valence-electron chi connectivity index (χ2n) is 5.95. The van der Waals surface area contributed by atoms with Crippen LogP contribution in [-0.4, -0.2) is 23.4 Å². The van der Waals surface area contributed by atoms with E-state index in [1.54, 1.807) is 0 Å². The van der Waals surface area contributed by atoms with E-state index in [-0.39, 0.29) is 5.92 Å². The van der Waals surface area contributed by atoms with Gasteiger partial charge in [0.1, 0.15) is 0 Å². The molecule has 1 aromatic rings. The fourth-order valence-electron chi connectivity index (χ4n) is 3.46. The third kappa shape index (κ3) is 2.54. The van der Waals surface area contributed by atoms with Crippen LogP contribution in [0.4, 0.5) is 0 Å². The van der Waals surface area contributed by atoms with Gasteiger partial charge in [-0.05, 0) is 43.6 Å². The van der Waals surface area contributed by atoms with Crippen molar-refractivity contribution in [2.75, 3.05) is 6.54 Å². The molecule has 1 saturated heterocycles. The number of carbonyl (C=O) groups excluding carboxylic acids is 1.